The van der Waals surface area contributed by atoms with Gasteiger partial charge in [-0.15, -0.1) is 0 Å². The minimum absolute atomic E-state index is 0.132. The number of pyridine rings is 1. The molecule has 0 saturated carbocycles. The second-order valence-electron chi connectivity index (χ2n) is 4.91. The van der Waals surface area contributed by atoms with Crippen LogP contribution >= 0.6 is 0 Å². The second-order valence-corrected chi connectivity index (χ2v) is 4.91. The Balaban J connectivity index is 1.99. The Labute approximate surface area is 121 Å². The molecule has 0 amide bonds. The highest BCUT2D eigenvalue weighted by atomic mass is 19.1. The van der Waals surface area contributed by atoms with Crippen LogP contribution in [0.5, 0.6) is 0 Å². The summed E-state index contributed by atoms with van der Waals surface area (Å²) in [7, 11) is 0. The average molecular weight is 285 g/mol. The summed E-state index contributed by atoms with van der Waals surface area (Å²) in [5, 5.41) is 9.02. The van der Waals surface area contributed by atoms with Gasteiger partial charge in [-0.3, -0.25) is 0 Å². The lowest BCUT2D eigenvalue weighted by Gasteiger charge is -2.08. The lowest BCUT2D eigenvalue weighted by atomic mass is 10.2. The van der Waals surface area contributed by atoms with Gasteiger partial charge in [0.25, 0.3) is 0 Å². The van der Waals surface area contributed by atoms with Gasteiger partial charge in [0.1, 0.15) is 17.2 Å². The van der Waals surface area contributed by atoms with Gasteiger partial charge in [-0.05, 0) is 36.2 Å². The van der Waals surface area contributed by atoms with Crippen LogP contribution in [0.1, 0.15) is 17.8 Å². The van der Waals surface area contributed by atoms with Gasteiger partial charge in [-0.2, -0.15) is 0 Å². The van der Waals surface area contributed by atoms with Crippen LogP contribution in [-0.4, -0.2) is 26.2 Å². The maximum absolute atomic E-state index is 13.0. The van der Waals surface area contributed by atoms with Gasteiger partial charge in [0.2, 0.25) is 0 Å². The molecule has 0 bridgehead atoms. The van der Waals surface area contributed by atoms with Crippen molar-refractivity contribution < 1.29 is 9.50 Å². The summed E-state index contributed by atoms with van der Waals surface area (Å²) in [5.74, 6) is 0.648. The molecule has 0 fully saturated rings. The highest BCUT2D eigenvalue weighted by Gasteiger charge is 2.11. The molecule has 108 valence electrons. The lowest BCUT2D eigenvalue weighted by molar-refractivity contribution is 0.287. The molecule has 2 aromatic heterocycles. The molecule has 3 aromatic rings. The molecule has 0 atom stereocenters. The molecule has 0 spiro atoms. The van der Waals surface area contributed by atoms with Crippen LogP contribution in [-0.2, 0) is 13.0 Å². The van der Waals surface area contributed by atoms with Crippen LogP contribution < -0.4 is 0 Å². The zero-order valence-electron chi connectivity index (χ0n) is 11.5. The van der Waals surface area contributed by atoms with Crippen molar-refractivity contribution in [1.82, 2.24) is 14.5 Å². The van der Waals surface area contributed by atoms with Crippen molar-refractivity contribution in [3.05, 3.63) is 59.8 Å². The van der Waals surface area contributed by atoms with E-state index in [2.05, 4.69) is 9.97 Å². The van der Waals surface area contributed by atoms with E-state index in [0.717, 1.165) is 22.6 Å². The molecule has 3 rings (SSSR count). The molecular formula is C16H16FN3O. The van der Waals surface area contributed by atoms with Gasteiger partial charge in [-0.1, -0.05) is 12.1 Å². The molecule has 0 aliphatic carbocycles. The Bertz CT molecular complexity index is 737. The normalized spacial score (nSPS) is 11.1. The predicted octanol–water partition coefficient (Wildman–Crippen LogP) is 2.54. The van der Waals surface area contributed by atoms with Crippen molar-refractivity contribution in [3.8, 4) is 0 Å². The van der Waals surface area contributed by atoms with Crippen LogP contribution in [0.25, 0.3) is 11.2 Å². The fourth-order valence-electron chi connectivity index (χ4n) is 2.37. The predicted molar refractivity (Wildman–Crippen MR) is 78.4 cm³/mol. The first kappa shape index (κ1) is 13.7. The molecule has 1 N–H and O–H groups in total. The van der Waals surface area contributed by atoms with Gasteiger partial charge in [-0.25, -0.2) is 14.4 Å². The highest BCUT2D eigenvalue weighted by molar-refractivity contribution is 5.71. The molecule has 0 saturated heterocycles. The third-order valence-electron chi connectivity index (χ3n) is 3.40. The third kappa shape index (κ3) is 2.92. The number of rotatable bonds is 5. The Morgan fingerprint density at radius 3 is 2.71 bits per heavy atom. The first-order valence-electron chi connectivity index (χ1n) is 6.93. The van der Waals surface area contributed by atoms with E-state index in [0.29, 0.717) is 19.4 Å². The first-order valence-corrected chi connectivity index (χ1v) is 6.93. The maximum atomic E-state index is 13.0. The van der Waals surface area contributed by atoms with Gasteiger partial charge >= 0.3 is 0 Å². The quantitative estimate of drug-likeness (QED) is 0.783. The number of halogens is 1. The van der Waals surface area contributed by atoms with Gasteiger partial charge < -0.3 is 9.67 Å². The number of aryl methyl sites for hydroxylation is 1. The number of aliphatic hydroxyl groups is 1. The first-order chi connectivity index (χ1) is 10.3. The smallest absolute Gasteiger partial charge is 0.160 e. The zero-order valence-corrected chi connectivity index (χ0v) is 11.5. The molecule has 1 aromatic carbocycles. The highest BCUT2D eigenvalue weighted by Crippen LogP contribution is 2.17. The summed E-state index contributed by atoms with van der Waals surface area (Å²) in [6.07, 6.45) is 3.09. The summed E-state index contributed by atoms with van der Waals surface area (Å²) in [6.45, 7) is 0.724. The molecule has 0 aliphatic rings. The number of aliphatic hydroxyl groups excluding tert-OH is 1. The fourth-order valence-corrected chi connectivity index (χ4v) is 2.37. The number of hydrogen-bond acceptors (Lipinski definition) is 3. The minimum atomic E-state index is -0.243. The maximum Gasteiger partial charge on any atom is 0.160 e. The van der Waals surface area contributed by atoms with E-state index in [1.807, 2.05) is 16.7 Å². The van der Waals surface area contributed by atoms with Crippen molar-refractivity contribution in [1.29, 1.82) is 0 Å². The van der Waals surface area contributed by atoms with Crippen molar-refractivity contribution in [2.75, 3.05) is 6.61 Å². The number of nitrogens with zero attached hydrogens (tertiary/aromatic N) is 3. The lowest BCUT2D eigenvalue weighted by Crippen LogP contribution is -2.07. The van der Waals surface area contributed by atoms with Crippen LogP contribution in [0.4, 0.5) is 4.39 Å². The van der Waals surface area contributed by atoms with E-state index in [1.165, 1.54) is 12.1 Å². The van der Waals surface area contributed by atoms with E-state index in [4.69, 9.17) is 5.11 Å². The SMILES string of the molecule is OCCCc1nc2cccnc2n1Cc1ccc(F)cc1. The topological polar surface area (TPSA) is 50.9 Å². The van der Waals surface area contributed by atoms with E-state index >= 15 is 0 Å². The standard InChI is InChI=1S/C16H16FN3O/c17-13-7-5-12(6-8-13)11-20-15(4-2-10-21)19-14-3-1-9-18-16(14)20/h1,3,5-9,21H,2,4,10-11H2. The minimum Gasteiger partial charge on any atom is -0.396 e. The van der Waals surface area contributed by atoms with Crippen molar-refractivity contribution in [2.45, 2.75) is 19.4 Å². The van der Waals surface area contributed by atoms with E-state index in [1.54, 1.807) is 18.3 Å². The summed E-state index contributed by atoms with van der Waals surface area (Å²) in [6, 6.07) is 10.2. The molecule has 0 radical (unpaired) electrons. The van der Waals surface area contributed by atoms with Gasteiger partial charge in [0.05, 0.1) is 6.54 Å². The molecule has 0 aliphatic heterocycles. The number of benzene rings is 1. The second kappa shape index (κ2) is 6.01. The van der Waals surface area contributed by atoms with Crippen molar-refractivity contribution in [2.24, 2.45) is 0 Å². The number of hydrogen-bond donors (Lipinski definition) is 1. The summed E-state index contributed by atoms with van der Waals surface area (Å²) < 4.78 is 15.0. The van der Waals surface area contributed by atoms with Crippen LogP contribution in [0.3, 0.4) is 0 Å². The largest absolute Gasteiger partial charge is 0.396 e. The fraction of sp³-hybridized carbons (Fsp3) is 0.250. The van der Waals surface area contributed by atoms with Gasteiger partial charge in [0.15, 0.2) is 5.65 Å². The Kier molecular flexibility index (Phi) is 3.92. The van der Waals surface area contributed by atoms with Crippen LogP contribution in [0.2, 0.25) is 0 Å². The Hall–Kier alpha value is -2.27. The number of fused-ring (bicyclic) bond motifs is 1. The van der Waals surface area contributed by atoms with Crippen LogP contribution in [0, 0.1) is 5.82 Å². The molecule has 21 heavy (non-hydrogen) atoms. The molecule has 5 heteroatoms. The molecule has 2 heterocycles. The average Bonchev–Trinajstić information content (AvgIpc) is 2.85. The summed E-state index contributed by atoms with van der Waals surface area (Å²) in [4.78, 5) is 8.97. The van der Waals surface area contributed by atoms with Gasteiger partial charge in [0, 0.05) is 19.2 Å². The van der Waals surface area contributed by atoms with Crippen molar-refractivity contribution >= 4 is 11.2 Å². The van der Waals surface area contributed by atoms with E-state index in [-0.39, 0.29) is 12.4 Å². The summed E-state index contributed by atoms with van der Waals surface area (Å²) in [5.41, 5.74) is 2.65. The Morgan fingerprint density at radius 2 is 1.95 bits per heavy atom. The number of aromatic nitrogens is 3. The molecular weight excluding hydrogens is 269 g/mol. The molecule has 4 nitrogen and oxygen atoms in total. The third-order valence-corrected chi connectivity index (χ3v) is 3.40. The number of imidazole rings is 1. The summed E-state index contributed by atoms with van der Waals surface area (Å²) >= 11 is 0. The van der Waals surface area contributed by atoms with E-state index < -0.39 is 0 Å². The van der Waals surface area contributed by atoms with E-state index in [9.17, 15) is 4.39 Å². The Morgan fingerprint density at radius 1 is 1.14 bits per heavy atom. The molecule has 0 unspecified atom stereocenters. The zero-order chi connectivity index (χ0) is 14.7. The monoisotopic (exact) mass is 285 g/mol. The van der Waals surface area contributed by atoms with Crippen molar-refractivity contribution in [3.63, 3.8) is 0 Å². The van der Waals surface area contributed by atoms with Crippen LogP contribution in [0.15, 0.2) is 42.6 Å².